The lowest BCUT2D eigenvalue weighted by Crippen LogP contribution is -2.35. The van der Waals surface area contributed by atoms with E-state index in [2.05, 4.69) is 10.1 Å². The molecule has 0 saturated carbocycles. The Morgan fingerprint density at radius 1 is 1.10 bits per heavy atom. The highest BCUT2D eigenvalue weighted by atomic mass is 32.2. The number of aromatic nitrogens is 3. The van der Waals surface area contributed by atoms with Gasteiger partial charge in [-0.05, 0) is 29.8 Å². The number of hydrogen-bond acceptors (Lipinski definition) is 6. The smallest absolute Gasteiger partial charge is 0.352 e. The summed E-state index contributed by atoms with van der Waals surface area (Å²) in [5, 5.41) is 3.67. The van der Waals surface area contributed by atoms with Gasteiger partial charge in [-0.2, -0.15) is 13.2 Å². The Balaban J connectivity index is 1.85. The molecule has 11 heteroatoms. The molecule has 0 aliphatic carbocycles. The van der Waals surface area contributed by atoms with Crippen LogP contribution in [-0.2, 0) is 37.5 Å². The minimum atomic E-state index is -4.78. The fourth-order valence-electron chi connectivity index (χ4n) is 3.38. The van der Waals surface area contributed by atoms with Gasteiger partial charge in [0.15, 0.2) is 21.3 Å². The van der Waals surface area contributed by atoms with Crippen LogP contribution in [0.15, 0.2) is 59.5 Å². The third-order valence-electron chi connectivity index (χ3n) is 4.86. The molecule has 7 nitrogen and oxygen atoms in total. The van der Waals surface area contributed by atoms with E-state index in [9.17, 15) is 21.6 Å². The van der Waals surface area contributed by atoms with E-state index in [1.54, 1.807) is 0 Å². The van der Waals surface area contributed by atoms with Crippen molar-refractivity contribution in [2.24, 2.45) is 0 Å². The van der Waals surface area contributed by atoms with Gasteiger partial charge in [-0.1, -0.05) is 30.3 Å². The molecule has 4 rings (SSSR count). The molecule has 1 fully saturated rings. The molecule has 0 amide bonds. The number of halogens is 3. The topological polar surface area (TPSA) is 83.3 Å². The summed E-state index contributed by atoms with van der Waals surface area (Å²) in [5.74, 6) is -1.40. The van der Waals surface area contributed by atoms with Crippen LogP contribution in [-0.4, -0.2) is 42.8 Å². The van der Waals surface area contributed by atoms with E-state index in [4.69, 9.17) is 9.47 Å². The Hall–Kier alpha value is -2.76. The van der Waals surface area contributed by atoms with Crippen LogP contribution in [0, 0.1) is 0 Å². The molecule has 1 saturated heterocycles. The molecular weight excluding hydrogens is 435 g/mol. The van der Waals surface area contributed by atoms with Gasteiger partial charge in [-0.25, -0.2) is 18.1 Å². The monoisotopic (exact) mass is 453 g/mol. The van der Waals surface area contributed by atoms with Crippen LogP contribution in [0.4, 0.5) is 13.2 Å². The number of hydrogen-bond donors (Lipinski definition) is 0. The molecule has 0 spiro atoms. The molecular formula is C20H18F3N3O4S. The first-order valence-corrected chi connectivity index (χ1v) is 11.1. The minimum Gasteiger partial charge on any atom is -0.352 e. The molecule has 2 aromatic carbocycles. The number of rotatable bonds is 5. The van der Waals surface area contributed by atoms with Gasteiger partial charge in [0.1, 0.15) is 6.79 Å². The quantitative estimate of drug-likeness (QED) is 0.590. The van der Waals surface area contributed by atoms with E-state index >= 15 is 0 Å². The lowest BCUT2D eigenvalue weighted by molar-refractivity contribution is -0.145. The molecule has 31 heavy (non-hydrogen) atoms. The van der Waals surface area contributed by atoms with Crippen molar-refractivity contribution < 1.29 is 31.1 Å². The average molecular weight is 453 g/mol. The zero-order chi connectivity index (χ0) is 22.3. The number of ether oxygens (including phenoxy) is 2. The van der Waals surface area contributed by atoms with Crippen molar-refractivity contribution in [2.75, 3.05) is 19.7 Å². The van der Waals surface area contributed by atoms with Gasteiger partial charge in [0, 0.05) is 12.7 Å². The summed E-state index contributed by atoms with van der Waals surface area (Å²) in [6.07, 6.45) is -3.52. The predicted molar refractivity (Wildman–Crippen MR) is 103 cm³/mol. The maximum atomic E-state index is 13.5. The molecule has 0 radical (unpaired) electrons. The van der Waals surface area contributed by atoms with Gasteiger partial charge in [0.25, 0.3) is 5.82 Å². The molecule has 1 aliphatic heterocycles. The van der Waals surface area contributed by atoms with E-state index in [1.807, 2.05) is 30.3 Å². The third-order valence-corrected chi connectivity index (χ3v) is 5.99. The Kier molecular flexibility index (Phi) is 5.36. The normalized spacial score (nSPS) is 19.6. The first-order valence-electron chi connectivity index (χ1n) is 9.19. The fourth-order valence-corrected chi connectivity index (χ4v) is 4.01. The summed E-state index contributed by atoms with van der Waals surface area (Å²) < 4.78 is 76.0. The van der Waals surface area contributed by atoms with Crippen molar-refractivity contribution in [3.8, 4) is 5.69 Å². The van der Waals surface area contributed by atoms with Crippen LogP contribution in [0.1, 0.15) is 17.2 Å². The second-order valence-electron chi connectivity index (χ2n) is 7.20. The highest BCUT2D eigenvalue weighted by molar-refractivity contribution is 7.90. The Labute approximate surface area is 176 Å². The summed E-state index contributed by atoms with van der Waals surface area (Å²) in [7, 11) is -3.47. The van der Waals surface area contributed by atoms with Crippen LogP contribution in [0.2, 0.25) is 0 Å². The van der Waals surface area contributed by atoms with Crippen molar-refractivity contribution in [1.29, 1.82) is 0 Å². The first-order chi connectivity index (χ1) is 14.6. The van der Waals surface area contributed by atoms with Crippen molar-refractivity contribution in [1.82, 2.24) is 14.8 Å². The van der Waals surface area contributed by atoms with Gasteiger partial charge in [0.05, 0.1) is 17.2 Å². The van der Waals surface area contributed by atoms with Crippen LogP contribution in [0.25, 0.3) is 5.69 Å². The van der Waals surface area contributed by atoms with Gasteiger partial charge >= 0.3 is 6.18 Å². The molecule has 3 aromatic rings. The molecule has 2 heterocycles. The van der Waals surface area contributed by atoms with Crippen LogP contribution < -0.4 is 0 Å². The molecule has 0 bridgehead atoms. The number of nitrogens with zero attached hydrogens (tertiary/aromatic N) is 3. The van der Waals surface area contributed by atoms with Crippen molar-refractivity contribution in [3.05, 3.63) is 71.8 Å². The number of benzene rings is 2. The summed E-state index contributed by atoms with van der Waals surface area (Å²) in [6.45, 7) is -0.118. The Bertz CT molecular complexity index is 1170. The maximum Gasteiger partial charge on any atom is 0.453 e. The molecule has 164 valence electrons. The predicted octanol–water partition coefficient (Wildman–Crippen LogP) is 3.13. The summed E-state index contributed by atoms with van der Waals surface area (Å²) >= 11 is 0. The fraction of sp³-hybridized carbons (Fsp3) is 0.300. The largest absolute Gasteiger partial charge is 0.453 e. The van der Waals surface area contributed by atoms with Crippen molar-refractivity contribution >= 4 is 9.84 Å². The zero-order valence-electron chi connectivity index (χ0n) is 16.3. The van der Waals surface area contributed by atoms with Crippen LogP contribution >= 0.6 is 0 Å². The van der Waals surface area contributed by atoms with E-state index in [0.717, 1.165) is 16.5 Å². The Morgan fingerprint density at radius 3 is 2.32 bits per heavy atom. The number of alkyl halides is 3. The highest BCUT2D eigenvalue weighted by Crippen LogP contribution is 2.37. The van der Waals surface area contributed by atoms with E-state index in [-0.39, 0.29) is 36.2 Å². The second kappa shape index (κ2) is 7.74. The highest BCUT2D eigenvalue weighted by Gasteiger charge is 2.46. The summed E-state index contributed by atoms with van der Waals surface area (Å²) in [6, 6.07) is 14.5. The average Bonchev–Trinajstić information content (AvgIpc) is 3.36. The molecule has 1 aromatic heterocycles. The summed E-state index contributed by atoms with van der Waals surface area (Å²) in [5.41, 5.74) is -0.259. The second-order valence-corrected chi connectivity index (χ2v) is 9.22. The van der Waals surface area contributed by atoms with E-state index in [0.29, 0.717) is 0 Å². The van der Waals surface area contributed by atoms with E-state index < -0.39 is 27.4 Å². The van der Waals surface area contributed by atoms with E-state index in [1.165, 1.54) is 24.3 Å². The third kappa shape index (κ3) is 4.34. The lowest BCUT2D eigenvalue weighted by Gasteiger charge is -2.26. The van der Waals surface area contributed by atoms with Gasteiger partial charge < -0.3 is 9.47 Å². The van der Waals surface area contributed by atoms with Crippen LogP contribution in [0.5, 0.6) is 0 Å². The zero-order valence-corrected chi connectivity index (χ0v) is 17.2. The van der Waals surface area contributed by atoms with Gasteiger partial charge in [0.2, 0.25) is 0 Å². The molecule has 1 atom stereocenters. The number of sulfone groups is 1. The summed E-state index contributed by atoms with van der Waals surface area (Å²) in [4.78, 5) is 3.82. The molecule has 1 aliphatic rings. The Morgan fingerprint density at radius 2 is 1.77 bits per heavy atom. The SMILES string of the molecule is CS(=O)(=O)c1ccc(-n2nc(C(F)(F)F)nc2C2(Cc3ccccc3)COCO2)cc1. The first kappa shape index (κ1) is 21.5. The van der Waals surface area contributed by atoms with Gasteiger partial charge in [-0.3, -0.25) is 0 Å². The van der Waals surface area contributed by atoms with Gasteiger partial charge in [-0.15, -0.1) is 5.10 Å². The maximum absolute atomic E-state index is 13.5. The van der Waals surface area contributed by atoms with Crippen molar-refractivity contribution in [3.63, 3.8) is 0 Å². The van der Waals surface area contributed by atoms with Crippen molar-refractivity contribution in [2.45, 2.75) is 23.1 Å². The minimum absolute atomic E-state index is 0.0146. The molecule has 1 unspecified atom stereocenters. The molecule has 0 N–H and O–H groups in total. The standard InChI is InChI=1S/C20H18F3N3O4S/c1-31(27,28)16-9-7-15(8-10-16)26-18(24-17(25-26)20(21,22)23)19(12-29-13-30-19)11-14-5-3-2-4-6-14/h2-10H,11-13H2,1H3. The van der Waals surface area contributed by atoms with Crippen LogP contribution in [0.3, 0.4) is 0 Å². The lowest BCUT2D eigenvalue weighted by atomic mass is 9.94.